The molecule has 14 heavy (non-hydrogen) atoms. The van der Waals surface area contributed by atoms with Crippen molar-refractivity contribution in [3.8, 4) is 0 Å². The summed E-state index contributed by atoms with van der Waals surface area (Å²) in [5.41, 5.74) is 3.74. The van der Waals surface area contributed by atoms with E-state index in [0.717, 1.165) is 24.3 Å². The van der Waals surface area contributed by atoms with Gasteiger partial charge in [0.15, 0.2) is 0 Å². The SMILES string of the molecule is CCc1ccc2c(c1)nc(C)n2CC. The number of imidazole rings is 1. The minimum absolute atomic E-state index is 0.994. The van der Waals surface area contributed by atoms with Gasteiger partial charge in [-0.05, 0) is 38.0 Å². The van der Waals surface area contributed by atoms with Gasteiger partial charge < -0.3 is 4.57 Å². The van der Waals surface area contributed by atoms with Gasteiger partial charge in [-0.25, -0.2) is 4.98 Å². The van der Waals surface area contributed by atoms with Crippen LogP contribution >= 0.6 is 0 Å². The maximum atomic E-state index is 4.56. The first-order chi connectivity index (χ1) is 6.76. The van der Waals surface area contributed by atoms with Crippen LogP contribution in [0.2, 0.25) is 0 Å². The van der Waals surface area contributed by atoms with E-state index in [2.05, 4.69) is 48.5 Å². The Hall–Kier alpha value is -1.31. The third-order valence-corrected chi connectivity index (χ3v) is 2.73. The summed E-state index contributed by atoms with van der Waals surface area (Å²) in [4.78, 5) is 4.56. The number of fused-ring (bicyclic) bond motifs is 1. The van der Waals surface area contributed by atoms with E-state index in [1.165, 1.54) is 11.1 Å². The van der Waals surface area contributed by atoms with Gasteiger partial charge in [-0.15, -0.1) is 0 Å². The number of hydrogen-bond acceptors (Lipinski definition) is 1. The number of aryl methyl sites for hydroxylation is 3. The average molecular weight is 188 g/mol. The third kappa shape index (κ3) is 1.31. The molecule has 0 aliphatic heterocycles. The first-order valence-electron chi connectivity index (χ1n) is 5.22. The lowest BCUT2D eigenvalue weighted by molar-refractivity contribution is 0.753. The van der Waals surface area contributed by atoms with Crippen molar-refractivity contribution in [1.29, 1.82) is 0 Å². The molecule has 74 valence electrons. The Bertz CT molecular complexity index is 455. The molecule has 2 aromatic rings. The lowest BCUT2D eigenvalue weighted by Gasteiger charge is -2.01. The maximum Gasteiger partial charge on any atom is 0.106 e. The molecule has 0 saturated heterocycles. The Kier molecular flexibility index (Phi) is 2.28. The van der Waals surface area contributed by atoms with Gasteiger partial charge in [0.25, 0.3) is 0 Å². The van der Waals surface area contributed by atoms with Crippen molar-refractivity contribution in [3.05, 3.63) is 29.6 Å². The predicted molar refractivity (Wildman–Crippen MR) is 59.5 cm³/mol. The van der Waals surface area contributed by atoms with Crippen LogP contribution in [0.4, 0.5) is 0 Å². The van der Waals surface area contributed by atoms with Crippen molar-refractivity contribution >= 4 is 11.0 Å². The minimum Gasteiger partial charge on any atom is -0.329 e. The van der Waals surface area contributed by atoms with E-state index in [1.54, 1.807) is 0 Å². The van der Waals surface area contributed by atoms with Crippen molar-refractivity contribution in [3.63, 3.8) is 0 Å². The Morgan fingerprint density at radius 2 is 2.07 bits per heavy atom. The molecule has 1 aromatic carbocycles. The Balaban J connectivity index is 2.68. The summed E-state index contributed by atoms with van der Waals surface area (Å²) in [5.74, 6) is 1.11. The van der Waals surface area contributed by atoms with Crippen LogP contribution in [0.25, 0.3) is 11.0 Å². The van der Waals surface area contributed by atoms with Gasteiger partial charge >= 0.3 is 0 Å². The normalized spacial score (nSPS) is 11.1. The molecule has 2 rings (SSSR count). The molecule has 1 heterocycles. The second-order valence-corrected chi connectivity index (χ2v) is 3.58. The molecule has 0 aliphatic rings. The van der Waals surface area contributed by atoms with E-state index in [9.17, 15) is 0 Å². The molecule has 0 bridgehead atoms. The molecule has 0 fully saturated rings. The molecule has 0 aliphatic carbocycles. The molecule has 1 aromatic heterocycles. The monoisotopic (exact) mass is 188 g/mol. The molecule has 0 N–H and O–H groups in total. The lowest BCUT2D eigenvalue weighted by atomic mass is 10.1. The summed E-state index contributed by atoms with van der Waals surface area (Å²) in [6.07, 6.45) is 1.08. The summed E-state index contributed by atoms with van der Waals surface area (Å²) in [7, 11) is 0. The van der Waals surface area contributed by atoms with Gasteiger partial charge in [0.1, 0.15) is 5.82 Å². The molecule has 0 radical (unpaired) electrons. The highest BCUT2D eigenvalue weighted by molar-refractivity contribution is 5.76. The first-order valence-corrected chi connectivity index (χ1v) is 5.22. The van der Waals surface area contributed by atoms with Gasteiger partial charge in [0, 0.05) is 6.54 Å². The highest BCUT2D eigenvalue weighted by Gasteiger charge is 2.05. The van der Waals surface area contributed by atoms with Crippen LogP contribution in [-0.2, 0) is 13.0 Å². The fourth-order valence-corrected chi connectivity index (χ4v) is 1.91. The predicted octanol–water partition coefficient (Wildman–Crippen LogP) is 2.93. The number of rotatable bonds is 2. The number of benzene rings is 1. The zero-order chi connectivity index (χ0) is 10.1. The summed E-state index contributed by atoms with van der Waals surface area (Å²) in [6, 6.07) is 6.56. The summed E-state index contributed by atoms with van der Waals surface area (Å²) < 4.78 is 2.24. The zero-order valence-electron chi connectivity index (χ0n) is 9.04. The molecule has 0 atom stereocenters. The van der Waals surface area contributed by atoms with E-state index < -0.39 is 0 Å². The second kappa shape index (κ2) is 3.45. The van der Waals surface area contributed by atoms with Crippen LogP contribution in [0, 0.1) is 6.92 Å². The van der Waals surface area contributed by atoms with Gasteiger partial charge in [0.05, 0.1) is 11.0 Å². The van der Waals surface area contributed by atoms with Crippen LogP contribution in [-0.4, -0.2) is 9.55 Å². The topological polar surface area (TPSA) is 17.8 Å². The highest BCUT2D eigenvalue weighted by atomic mass is 15.1. The third-order valence-electron chi connectivity index (χ3n) is 2.73. The van der Waals surface area contributed by atoms with Crippen LogP contribution in [0.1, 0.15) is 25.2 Å². The Morgan fingerprint density at radius 3 is 2.71 bits per heavy atom. The van der Waals surface area contributed by atoms with Crippen molar-refractivity contribution in [2.75, 3.05) is 0 Å². The molecular formula is C12H16N2. The molecule has 0 amide bonds. The Morgan fingerprint density at radius 1 is 1.29 bits per heavy atom. The van der Waals surface area contributed by atoms with Crippen molar-refractivity contribution in [1.82, 2.24) is 9.55 Å². The standard InChI is InChI=1S/C12H16N2/c1-4-10-6-7-12-11(8-10)13-9(3)14(12)5-2/h6-8H,4-5H2,1-3H3. The molecular weight excluding hydrogens is 172 g/mol. The molecule has 0 saturated carbocycles. The average Bonchev–Trinajstić information content (AvgIpc) is 2.51. The highest BCUT2D eigenvalue weighted by Crippen LogP contribution is 2.17. The maximum absolute atomic E-state index is 4.56. The van der Waals surface area contributed by atoms with Crippen molar-refractivity contribution in [2.24, 2.45) is 0 Å². The lowest BCUT2D eigenvalue weighted by Crippen LogP contribution is -1.96. The molecule has 2 heteroatoms. The summed E-state index contributed by atoms with van der Waals surface area (Å²) >= 11 is 0. The van der Waals surface area contributed by atoms with E-state index in [0.29, 0.717) is 0 Å². The van der Waals surface area contributed by atoms with Crippen molar-refractivity contribution in [2.45, 2.75) is 33.7 Å². The summed E-state index contributed by atoms with van der Waals surface area (Å²) in [6.45, 7) is 7.38. The largest absolute Gasteiger partial charge is 0.329 e. The smallest absolute Gasteiger partial charge is 0.106 e. The minimum atomic E-state index is 0.994. The van der Waals surface area contributed by atoms with E-state index in [-0.39, 0.29) is 0 Å². The zero-order valence-corrected chi connectivity index (χ0v) is 9.04. The van der Waals surface area contributed by atoms with Gasteiger partial charge in [-0.1, -0.05) is 13.0 Å². The first kappa shape index (κ1) is 9.25. The fourth-order valence-electron chi connectivity index (χ4n) is 1.91. The van der Waals surface area contributed by atoms with Crippen LogP contribution in [0.15, 0.2) is 18.2 Å². The molecule has 0 unspecified atom stereocenters. The quantitative estimate of drug-likeness (QED) is 0.708. The second-order valence-electron chi connectivity index (χ2n) is 3.58. The molecule has 2 nitrogen and oxygen atoms in total. The van der Waals surface area contributed by atoms with Crippen molar-refractivity contribution < 1.29 is 0 Å². The Labute approximate surface area is 84.6 Å². The van der Waals surface area contributed by atoms with E-state index in [4.69, 9.17) is 0 Å². The molecule has 0 spiro atoms. The summed E-state index contributed by atoms with van der Waals surface area (Å²) in [5, 5.41) is 0. The number of hydrogen-bond donors (Lipinski definition) is 0. The van der Waals surface area contributed by atoms with E-state index >= 15 is 0 Å². The van der Waals surface area contributed by atoms with Crippen LogP contribution in [0.3, 0.4) is 0 Å². The van der Waals surface area contributed by atoms with Crippen LogP contribution in [0.5, 0.6) is 0 Å². The van der Waals surface area contributed by atoms with Gasteiger partial charge in [-0.2, -0.15) is 0 Å². The van der Waals surface area contributed by atoms with Gasteiger partial charge in [-0.3, -0.25) is 0 Å². The fraction of sp³-hybridized carbons (Fsp3) is 0.417. The van der Waals surface area contributed by atoms with Gasteiger partial charge in [0.2, 0.25) is 0 Å². The number of aromatic nitrogens is 2. The number of nitrogens with zero attached hydrogens (tertiary/aromatic N) is 2. The van der Waals surface area contributed by atoms with Crippen LogP contribution < -0.4 is 0 Å². The van der Waals surface area contributed by atoms with E-state index in [1.807, 2.05) is 0 Å².